The third kappa shape index (κ3) is 3.96. The van der Waals surface area contributed by atoms with Crippen LogP contribution in [0.1, 0.15) is 60.1 Å². The maximum atomic E-state index is 13.7. The Labute approximate surface area is 206 Å². The lowest BCUT2D eigenvalue weighted by atomic mass is 9.90. The maximum absolute atomic E-state index is 13.7. The molecule has 1 saturated heterocycles. The topological polar surface area (TPSA) is 72.8 Å². The SMILES string of the molecule is CC1c2c(cc(CN3CCN(c4cccnc4)CC3)c3cccnc23)C(=O)N1C1CCCCC1O. The molecule has 3 aliphatic rings. The van der Waals surface area contributed by atoms with Gasteiger partial charge in [-0.1, -0.05) is 18.9 Å². The summed E-state index contributed by atoms with van der Waals surface area (Å²) in [5.74, 6) is 0.0497. The van der Waals surface area contributed by atoms with Gasteiger partial charge in [0.1, 0.15) is 0 Å². The summed E-state index contributed by atoms with van der Waals surface area (Å²) in [7, 11) is 0. The monoisotopic (exact) mass is 471 g/mol. The summed E-state index contributed by atoms with van der Waals surface area (Å²) in [5, 5.41) is 11.8. The molecule has 2 aliphatic heterocycles. The number of aliphatic hydroxyl groups excluding tert-OH is 1. The van der Waals surface area contributed by atoms with Crippen molar-refractivity contribution in [2.75, 3.05) is 31.1 Å². The molecule has 2 aromatic heterocycles. The molecule has 1 amide bonds. The fourth-order valence-electron chi connectivity index (χ4n) is 6.32. The zero-order valence-corrected chi connectivity index (χ0v) is 20.3. The molecular formula is C28H33N5O2. The van der Waals surface area contributed by atoms with Crippen molar-refractivity contribution < 1.29 is 9.90 Å². The largest absolute Gasteiger partial charge is 0.391 e. The van der Waals surface area contributed by atoms with Crippen molar-refractivity contribution in [2.24, 2.45) is 0 Å². The molecule has 3 unspecified atom stereocenters. The zero-order valence-electron chi connectivity index (χ0n) is 20.3. The van der Waals surface area contributed by atoms with E-state index >= 15 is 0 Å². The lowest BCUT2D eigenvalue weighted by molar-refractivity contribution is 0.00975. The molecule has 182 valence electrons. The molecule has 1 saturated carbocycles. The molecule has 1 aromatic carbocycles. The summed E-state index contributed by atoms with van der Waals surface area (Å²) in [6.07, 6.45) is 8.85. The number of hydrogen-bond acceptors (Lipinski definition) is 6. The predicted molar refractivity (Wildman–Crippen MR) is 136 cm³/mol. The number of rotatable bonds is 4. The van der Waals surface area contributed by atoms with Crippen molar-refractivity contribution in [1.29, 1.82) is 0 Å². The number of benzene rings is 1. The number of pyridine rings is 2. The van der Waals surface area contributed by atoms with Crippen molar-refractivity contribution >= 4 is 22.5 Å². The number of carbonyl (C=O) groups excluding carboxylic acids is 1. The van der Waals surface area contributed by atoms with E-state index in [0.29, 0.717) is 0 Å². The zero-order chi connectivity index (χ0) is 23.9. The number of piperazine rings is 1. The van der Waals surface area contributed by atoms with E-state index in [1.54, 1.807) is 0 Å². The van der Waals surface area contributed by atoms with Crippen LogP contribution in [-0.2, 0) is 6.54 Å². The molecule has 0 spiro atoms. The van der Waals surface area contributed by atoms with E-state index in [9.17, 15) is 9.90 Å². The second-order valence-corrected chi connectivity index (χ2v) is 10.2. The van der Waals surface area contributed by atoms with Gasteiger partial charge in [0, 0.05) is 61.6 Å². The van der Waals surface area contributed by atoms with E-state index in [1.165, 1.54) is 5.69 Å². The number of amides is 1. The van der Waals surface area contributed by atoms with Crippen LogP contribution in [0.3, 0.4) is 0 Å². The number of aliphatic hydroxyl groups is 1. The average Bonchev–Trinajstić information content (AvgIpc) is 3.15. The van der Waals surface area contributed by atoms with Crippen LogP contribution in [0.2, 0.25) is 0 Å². The minimum atomic E-state index is -0.445. The number of aromatic nitrogens is 2. The van der Waals surface area contributed by atoms with E-state index in [-0.39, 0.29) is 18.0 Å². The van der Waals surface area contributed by atoms with Crippen LogP contribution in [0.5, 0.6) is 0 Å². The summed E-state index contributed by atoms with van der Waals surface area (Å²) >= 11 is 0. The Morgan fingerprint density at radius 3 is 2.63 bits per heavy atom. The molecule has 2 fully saturated rings. The molecule has 1 aliphatic carbocycles. The Hall–Kier alpha value is -3.03. The van der Waals surface area contributed by atoms with Gasteiger partial charge in [-0.3, -0.25) is 19.7 Å². The molecule has 0 bridgehead atoms. The van der Waals surface area contributed by atoms with Crippen LogP contribution in [0.15, 0.2) is 48.9 Å². The standard InChI is InChI=1S/C28H33N5O2/c1-19-26-23(28(35)33(19)24-8-2-3-9-25(24)34)16-20(22-7-5-11-30-27(22)26)18-31-12-14-32(15-13-31)21-6-4-10-29-17-21/h4-7,10-11,16-17,19,24-25,34H,2-3,8-9,12-15,18H2,1H3. The Bertz CT molecular complexity index is 1220. The molecule has 6 rings (SSSR count). The summed E-state index contributed by atoms with van der Waals surface area (Å²) in [4.78, 5) is 29.5. The van der Waals surface area contributed by atoms with E-state index < -0.39 is 6.10 Å². The molecule has 7 heteroatoms. The van der Waals surface area contributed by atoms with E-state index in [1.807, 2.05) is 35.6 Å². The molecule has 3 aromatic rings. The van der Waals surface area contributed by atoms with Crippen molar-refractivity contribution in [3.8, 4) is 0 Å². The summed E-state index contributed by atoms with van der Waals surface area (Å²) in [5.41, 5.74) is 5.05. The highest BCUT2D eigenvalue weighted by molar-refractivity contribution is 6.05. The summed E-state index contributed by atoms with van der Waals surface area (Å²) < 4.78 is 0. The van der Waals surface area contributed by atoms with Crippen molar-refractivity contribution in [3.05, 3.63) is 65.6 Å². The molecule has 1 N–H and O–H groups in total. The van der Waals surface area contributed by atoms with Gasteiger partial charge in [0.25, 0.3) is 5.91 Å². The van der Waals surface area contributed by atoms with E-state index in [2.05, 4.69) is 39.9 Å². The molecule has 0 radical (unpaired) electrons. The number of anilines is 1. The summed E-state index contributed by atoms with van der Waals surface area (Å²) in [6.45, 7) is 6.71. The van der Waals surface area contributed by atoms with Crippen LogP contribution in [-0.4, -0.2) is 69.1 Å². The van der Waals surface area contributed by atoms with Crippen molar-refractivity contribution in [2.45, 2.75) is 57.3 Å². The second-order valence-electron chi connectivity index (χ2n) is 10.2. The first-order chi connectivity index (χ1) is 17.1. The first-order valence-electron chi connectivity index (χ1n) is 12.9. The van der Waals surface area contributed by atoms with Crippen LogP contribution >= 0.6 is 0 Å². The number of nitrogens with zero attached hydrogens (tertiary/aromatic N) is 5. The molecule has 3 atom stereocenters. The molecule has 4 heterocycles. The Morgan fingerprint density at radius 1 is 1.06 bits per heavy atom. The van der Waals surface area contributed by atoms with Gasteiger partial charge >= 0.3 is 0 Å². The lowest BCUT2D eigenvalue weighted by Gasteiger charge is -2.37. The minimum Gasteiger partial charge on any atom is -0.391 e. The quantitative estimate of drug-likeness (QED) is 0.625. The average molecular weight is 472 g/mol. The highest BCUT2D eigenvalue weighted by Crippen LogP contribution is 2.42. The normalized spacial score (nSPS) is 25.3. The van der Waals surface area contributed by atoms with Gasteiger partial charge in [0.05, 0.1) is 35.6 Å². The summed E-state index contributed by atoms with van der Waals surface area (Å²) in [6, 6.07) is 10.2. The second kappa shape index (κ2) is 9.21. The van der Waals surface area contributed by atoms with E-state index in [0.717, 1.165) is 86.0 Å². The van der Waals surface area contributed by atoms with Crippen LogP contribution in [0.4, 0.5) is 5.69 Å². The first-order valence-corrected chi connectivity index (χ1v) is 12.9. The highest BCUT2D eigenvalue weighted by atomic mass is 16.3. The highest BCUT2D eigenvalue weighted by Gasteiger charge is 2.43. The van der Waals surface area contributed by atoms with Crippen molar-refractivity contribution in [1.82, 2.24) is 19.8 Å². The fraction of sp³-hybridized carbons (Fsp3) is 0.464. The number of carbonyl (C=O) groups is 1. The molecule has 7 nitrogen and oxygen atoms in total. The lowest BCUT2D eigenvalue weighted by Crippen LogP contribution is -2.46. The Kier molecular flexibility index (Phi) is 5.90. The molecule has 35 heavy (non-hydrogen) atoms. The third-order valence-corrected chi connectivity index (χ3v) is 8.15. The maximum Gasteiger partial charge on any atom is 0.255 e. The van der Waals surface area contributed by atoms with Gasteiger partial charge in [0.15, 0.2) is 0 Å². The van der Waals surface area contributed by atoms with Gasteiger partial charge in [0.2, 0.25) is 0 Å². The first kappa shape index (κ1) is 22.4. The number of fused-ring (bicyclic) bond motifs is 3. The smallest absolute Gasteiger partial charge is 0.255 e. The minimum absolute atomic E-state index is 0.0497. The third-order valence-electron chi connectivity index (χ3n) is 8.15. The number of hydrogen-bond donors (Lipinski definition) is 1. The van der Waals surface area contributed by atoms with Crippen LogP contribution in [0.25, 0.3) is 10.9 Å². The van der Waals surface area contributed by atoms with E-state index in [4.69, 9.17) is 4.98 Å². The van der Waals surface area contributed by atoms with Crippen LogP contribution < -0.4 is 4.90 Å². The van der Waals surface area contributed by atoms with Gasteiger partial charge in [-0.2, -0.15) is 0 Å². The fourth-order valence-corrected chi connectivity index (χ4v) is 6.32. The van der Waals surface area contributed by atoms with Gasteiger partial charge < -0.3 is 14.9 Å². The van der Waals surface area contributed by atoms with Gasteiger partial charge in [-0.15, -0.1) is 0 Å². The van der Waals surface area contributed by atoms with Crippen LogP contribution in [0, 0.1) is 0 Å². The Morgan fingerprint density at radius 2 is 1.86 bits per heavy atom. The van der Waals surface area contributed by atoms with Crippen molar-refractivity contribution in [3.63, 3.8) is 0 Å². The predicted octanol–water partition coefficient (Wildman–Crippen LogP) is 3.77. The Balaban J connectivity index is 1.28. The van der Waals surface area contributed by atoms with Gasteiger partial charge in [-0.05, 0) is 49.6 Å². The molecular weight excluding hydrogens is 438 g/mol. The van der Waals surface area contributed by atoms with Gasteiger partial charge in [-0.25, -0.2) is 0 Å².